The number of hydrogen-bond donors (Lipinski definition) is 2. The first kappa shape index (κ1) is 26.0. The number of thiocarbonyl (C=S) groups is 1. The number of nitrogens with zero attached hydrogens (tertiary/aromatic N) is 3. The molecule has 0 fully saturated rings. The Labute approximate surface area is 214 Å². The maximum Gasteiger partial charge on any atom is 0.341 e. The third-order valence-corrected chi connectivity index (χ3v) is 6.57. The number of carbonyl (C=O) groups is 2. The molecule has 0 spiro atoms. The van der Waals surface area contributed by atoms with Gasteiger partial charge in [-0.05, 0) is 75.0 Å². The van der Waals surface area contributed by atoms with Crippen molar-refractivity contribution in [2.75, 3.05) is 30.8 Å². The molecule has 1 heterocycles. The predicted octanol–water partition coefficient (Wildman–Crippen LogP) is 6.55. The number of anilines is 2. The van der Waals surface area contributed by atoms with E-state index in [2.05, 4.69) is 20.9 Å². The number of hydrogen-bond acceptors (Lipinski definition) is 7. The third-order valence-electron chi connectivity index (χ3n) is 5.17. The van der Waals surface area contributed by atoms with Crippen LogP contribution in [0.4, 0.5) is 22.1 Å². The van der Waals surface area contributed by atoms with E-state index in [9.17, 15) is 9.59 Å². The first-order chi connectivity index (χ1) is 16.9. The van der Waals surface area contributed by atoms with Gasteiger partial charge in [-0.25, -0.2) is 4.79 Å². The Bertz CT molecular complexity index is 1220. The Hall–Kier alpha value is -3.63. The zero-order valence-corrected chi connectivity index (χ0v) is 21.6. The van der Waals surface area contributed by atoms with Crippen molar-refractivity contribution in [3.05, 3.63) is 70.6 Å². The number of nitrogens with one attached hydrogen (secondary N) is 2. The van der Waals surface area contributed by atoms with Gasteiger partial charge in [-0.1, -0.05) is 18.2 Å². The van der Waals surface area contributed by atoms with Gasteiger partial charge >= 0.3 is 5.97 Å². The van der Waals surface area contributed by atoms with Crippen LogP contribution in [0.1, 0.15) is 39.4 Å². The predicted molar refractivity (Wildman–Crippen MR) is 145 cm³/mol. The summed E-state index contributed by atoms with van der Waals surface area (Å²) in [4.78, 5) is 27.6. The summed E-state index contributed by atoms with van der Waals surface area (Å²) in [7, 11) is 1.31. The Morgan fingerprint density at radius 1 is 0.971 bits per heavy atom. The second-order valence-corrected chi connectivity index (χ2v) is 8.82. The zero-order chi connectivity index (χ0) is 25.4. The van der Waals surface area contributed by atoms with E-state index in [-0.39, 0.29) is 11.0 Å². The molecule has 3 aromatic rings. The first-order valence-electron chi connectivity index (χ1n) is 11.0. The summed E-state index contributed by atoms with van der Waals surface area (Å²) in [6.45, 7) is 6.72. The molecule has 1 amide bonds. The summed E-state index contributed by atoms with van der Waals surface area (Å²) in [5, 5.41) is 15.3. The Kier molecular flexibility index (Phi) is 9.04. The molecule has 0 aliphatic heterocycles. The quantitative estimate of drug-likeness (QED) is 0.203. The smallest absolute Gasteiger partial charge is 0.341 e. The summed E-state index contributed by atoms with van der Waals surface area (Å²) >= 11 is 6.64. The van der Waals surface area contributed by atoms with Gasteiger partial charge in [0, 0.05) is 18.8 Å². The summed E-state index contributed by atoms with van der Waals surface area (Å²) in [5.41, 5.74) is 3.06. The van der Waals surface area contributed by atoms with Crippen LogP contribution in [0.2, 0.25) is 0 Å². The number of benzene rings is 2. The second kappa shape index (κ2) is 12.2. The number of carbonyl (C=O) groups excluding carboxylic acids is 2. The lowest BCUT2D eigenvalue weighted by Gasteiger charge is -2.17. The molecule has 10 heteroatoms. The van der Waals surface area contributed by atoms with Crippen molar-refractivity contribution in [1.29, 1.82) is 0 Å². The molecule has 182 valence electrons. The molecule has 0 unspecified atom stereocenters. The topological polar surface area (TPSA) is 95.4 Å². The molecule has 0 atom stereocenters. The van der Waals surface area contributed by atoms with Gasteiger partial charge in [0.2, 0.25) is 0 Å². The van der Waals surface area contributed by atoms with Crippen LogP contribution < -0.4 is 10.6 Å². The molecule has 3 rings (SSSR count). The van der Waals surface area contributed by atoms with Crippen LogP contribution in [0.25, 0.3) is 0 Å². The van der Waals surface area contributed by atoms with E-state index in [4.69, 9.17) is 17.0 Å². The molecular formula is C25H27N5O3S2. The van der Waals surface area contributed by atoms with Crippen LogP contribution in [0.3, 0.4) is 0 Å². The fourth-order valence-corrected chi connectivity index (χ4v) is 4.75. The number of rotatable bonds is 8. The fraction of sp³-hybridized carbons (Fsp3) is 0.240. The number of amides is 1. The normalized spacial score (nSPS) is 10.7. The van der Waals surface area contributed by atoms with Crippen molar-refractivity contribution >= 4 is 62.6 Å². The van der Waals surface area contributed by atoms with E-state index in [1.54, 1.807) is 11.8 Å². The summed E-state index contributed by atoms with van der Waals surface area (Å²) < 4.78 is 4.95. The average Bonchev–Trinajstić information content (AvgIpc) is 3.19. The highest BCUT2D eigenvalue weighted by Crippen LogP contribution is 2.34. The van der Waals surface area contributed by atoms with E-state index in [0.717, 1.165) is 11.4 Å². The molecule has 0 aliphatic rings. The summed E-state index contributed by atoms with van der Waals surface area (Å²) in [5.74, 6) is -0.661. The number of esters is 1. The third kappa shape index (κ3) is 6.49. The van der Waals surface area contributed by atoms with Gasteiger partial charge in [0.1, 0.15) is 5.00 Å². The summed E-state index contributed by atoms with van der Waals surface area (Å²) in [6, 6.07) is 16.7. The number of ether oxygens (including phenoxy) is 1. The van der Waals surface area contributed by atoms with Crippen molar-refractivity contribution in [3.63, 3.8) is 0 Å². The molecule has 2 N–H and O–H groups in total. The fourth-order valence-electron chi connectivity index (χ4n) is 3.29. The molecule has 1 aromatic heterocycles. The van der Waals surface area contributed by atoms with Crippen LogP contribution in [0.5, 0.6) is 0 Å². The van der Waals surface area contributed by atoms with Crippen LogP contribution in [-0.4, -0.2) is 42.1 Å². The van der Waals surface area contributed by atoms with Crippen LogP contribution >= 0.6 is 23.6 Å². The van der Waals surface area contributed by atoms with Crippen molar-refractivity contribution in [2.24, 2.45) is 10.2 Å². The maximum atomic E-state index is 12.9. The van der Waals surface area contributed by atoms with Crippen molar-refractivity contribution in [3.8, 4) is 0 Å². The van der Waals surface area contributed by atoms with Gasteiger partial charge in [-0.2, -0.15) is 10.2 Å². The van der Waals surface area contributed by atoms with E-state index in [1.165, 1.54) is 18.4 Å². The van der Waals surface area contributed by atoms with Gasteiger partial charge in [0.25, 0.3) is 5.91 Å². The van der Waals surface area contributed by atoms with E-state index < -0.39 is 5.97 Å². The lowest BCUT2D eigenvalue weighted by atomic mass is 10.1. The molecule has 2 aromatic carbocycles. The number of methoxy groups -OCH3 is 1. The highest BCUT2D eigenvalue weighted by atomic mass is 32.1. The van der Waals surface area contributed by atoms with Gasteiger partial charge in [0.05, 0.1) is 28.9 Å². The molecule has 0 saturated heterocycles. The van der Waals surface area contributed by atoms with Crippen molar-refractivity contribution in [2.45, 2.75) is 20.8 Å². The number of thiophene rings is 1. The summed E-state index contributed by atoms with van der Waals surface area (Å²) in [6.07, 6.45) is 0. The van der Waals surface area contributed by atoms with E-state index in [0.29, 0.717) is 39.8 Å². The lowest BCUT2D eigenvalue weighted by Crippen LogP contribution is -2.30. The van der Waals surface area contributed by atoms with Gasteiger partial charge < -0.3 is 20.3 Å². The average molecular weight is 510 g/mol. The zero-order valence-electron chi connectivity index (χ0n) is 20.0. The second-order valence-electron chi connectivity index (χ2n) is 7.39. The molecule has 35 heavy (non-hydrogen) atoms. The van der Waals surface area contributed by atoms with Crippen LogP contribution in [0, 0.1) is 6.92 Å². The standard InChI is InChI=1S/C25H27N5O3S2/c1-5-30(6-2)23(31)21-16(3)20(24(32)33-4)22(35-21)27-25(34)26-17-12-14-19(15-13-17)29-28-18-10-8-7-9-11-18/h7-15H,5-6H2,1-4H3,(H2,26,27,34). The molecule has 0 bridgehead atoms. The minimum Gasteiger partial charge on any atom is -0.465 e. The van der Waals surface area contributed by atoms with Gasteiger partial charge in [0.15, 0.2) is 5.11 Å². The SMILES string of the molecule is CCN(CC)C(=O)c1sc(NC(=S)Nc2ccc(N=Nc3ccccc3)cc2)c(C(=O)OC)c1C. The van der Waals surface area contributed by atoms with Gasteiger partial charge in [-0.15, -0.1) is 11.3 Å². The largest absolute Gasteiger partial charge is 0.465 e. The van der Waals surface area contributed by atoms with Crippen LogP contribution in [0.15, 0.2) is 64.8 Å². The van der Waals surface area contributed by atoms with Crippen molar-refractivity contribution < 1.29 is 14.3 Å². The highest BCUT2D eigenvalue weighted by molar-refractivity contribution is 7.80. The Morgan fingerprint density at radius 2 is 1.57 bits per heavy atom. The minimum absolute atomic E-state index is 0.130. The van der Waals surface area contributed by atoms with E-state index >= 15 is 0 Å². The molecule has 0 saturated carbocycles. The lowest BCUT2D eigenvalue weighted by molar-refractivity contribution is 0.0601. The molecule has 0 aliphatic carbocycles. The number of azo groups is 1. The molecule has 0 radical (unpaired) electrons. The van der Waals surface area contributed by atoms with Crippen molar-refractivity contribution in [1.82, 2.24) is 4.90 Å². The Balaban J connectivity index is 1.74. The molecule has 8 nitrogen and oxygen atoms in total. The highest BCUT2D eigenvalue weighted by Gasteiger charge is 2.27. The monoisotopic (exact) mass is 509 g/mol. The minimum atomic E-state index is -0.532. The van der Waals surface area contributed by atoms with E-state index in [1.807, 2.05) is 68.4 Å². The van der Waals surface area contributed by atoms with Crippen LogP contribution in [-0.2, 0) is 4.74 Å². The van der Waals surface area contributed by atoms with Gasteiger partial charge in [-0.3, -0.25) is 4.79 Å². The maximum absolute atomic E-state index is 12.9. The first-order valence-corrected chi connectivity index (χ1v) is 12.3. The molecular weight excluding hydrogens is 482 g/mol. The Morgan fingerprint density at radius 3 is 2.14 bits per heavy atom.